The normalized spacial score (nSPS) is 14.1. The molecule has 1 aliphatic heterocycles. The van der Waals surface area contributed by atoms with Crippen molar-refractivity contribution in [2.75, 3.05) is 25.0 Å². The third kappa shape index (κ3) is 4.54. The fourth-order valence-corrected chi connectivity index (χ4v) is 2.82. The van der Waals surface area contributed by atoms with E-state index in [2.05, 4.69) is 5.32 Å². The highest BCUT2D eigenvalue weighted by molar-refractivity contribution is 5.98. The Morgan fingerprint density at radius 1 is 1.33 bits per heavy atom. The molecule has 0 aromatic heterocycles. The zero-order valence-electron chi connectivity index (χ0n) is 14.5. The van der Waals surface area contributed by atoms with Gasteiger partial charge in [-0.1, -0.05) is 20.8 Å². The van der Waals surface area contributed by atoms with Gasteiger partial charge in [-0.3, -0.25) is 9.59 Å². The number of carbonyl (C=O) groups excluding carboxylic acids is 2. The molecule has 0 fully saturated rings. The van der Waals surface area contributed by atoms with Crippen molar-refractivity contribution >= 4 is 17.5 Å². The number of nitrogens with zero attached hydrogens (tertiary/aromatic N) is 1. The molecule has 0 atom stereocenters. The minimum atomic E-state index is -0.635. The molecule has 24 heavy (non-hydrogen) atoms. The lowest BCUT2D eigenvalue weighted by Crippen LogP contribution is -2.39. The monoisotopic (exact) mass is 336 g/mol. The predicted octanol–water partition coefficient (Wildman–Crippen LogP) is 2.58. The zero-order valence-corrected chi connectivity index (χ0v) is 14.5. The first-order valence-corrected chi connectivity index (χ1v) is 8.23. The van der Waals surface area contributed by atoms with E-state index in [0.29, 0.717) is 38.0 Å². The van der Waals surface area contributed by atoms with Crippen LogP contribution in [0.3, 0.4) is 0 Å². The van der Waals surface area contributed by atoms with Gasteiger partial charge < -0.3 is 15.3 Å². The summed E-state index contributed by atoms with van der Waals surface area (Å²) < 4.78 is 14.4. The summed E-state index contributed by atoms with van der Waals surface area (Å²) in [7, 11) is 0. The molecule has 2 amide bonds. The van der Waals surface area contributed by atoms with Crippen LogP contribution in [0.15, 0.2) is 12.1 Å². The molecule has 2 N–H and O–H groups in total. The summed E-state index contributed by atoms with van der Waals surface area (Å²) >= 11 is 0. The lowest BCUT2D eigenvalue weighted by atomic mass is 9.95. The summed E-state index contributed by atoms with van der Waals surface area (Å²) in [5, 5.41) is 11.7. The average Bonchev–Trinajstić information content (AvgIpc) is 2.49. The topological polar surface area (TPSA) is 69.6 Å². The molecule has 5 nitrogen and oxygen atoms in total. The van der Waals surface area contributed by atoms with Crippen LogP contribution in [0, 0.1) is 11.2 Å². The molecular weight excluding hydrogens is 311 g/mol. The van der Waals surface area contributed by atoms with Gasteiger partial charge in [-0.2, -0.15) is 0 Å². The van der Waals surface area contributed by atoms with Crippen LogP contribution < -0.4 is 5.32 Å². The number of aliphatic hydroxyl groups excluding tert-OH is 1. The Hall–Kier alpha value is -1.95. The zero-order chi connectivity index (χ0) is 17.9. The molecule has 132 valence electrons. The molecule has 1 aromatic carbocycles. The number of nitrogens with one attached hydrogen (secondary N) is 1. The van der Waals surface area contributed by atoms with E-state index in [4.69, 9.17) is 5.11 Å². The van der Waals surface area contributed by atoms with Crippen LogP contribution in [-0.2, 0) is 11.2 Å². The second-order valence-electron chi connectivity index (χ2n) is 7.40. The minimum absolute atomic E-state index is 0.0205. The smallest absolute Gasteiger partial charge is 0.256 e. The number of fused-ring (bicyclic) bond motifs is 1. The lowest BCUT2D eigenvalue weighted by molar-refractivity contribution is -0.116. The number of aliphatic hydroxyl groups is 1. The molecule has 0 radical (unpaired) electrons. The predicted molar refractivity (Wildman–Crippen MR) is 90.4 cm³/mol. The summed E-state index contributed by atoms with van der Waals surface area (Å²) in [6.45, 7) is 6.84. The van der Waals surface area contributed by atoms with Gasteiger partial charge in [0, 0.05) is 31.8 Å². The molecule has 2 rings (SSSR count). The van der Waals surface area contributed by atoms with E-state index >= 15 is 0 Å². The van der Waals surface area contributed by atoms with Gasteiger partial charge in [0.25, 0.3) is 5.91 Å². The van der Waals surface area contributed by atoms with E-state index in [-0.39, 0.29) is 29.4 Å². The highest BCUT2D eigenvalue weighted by Gasteiger charge is 2.26. The second kappa shape index (κ2) is 7.30. The first-order chi connectivity index (χ1) is 11.2. The number of carbonyl (C=O) groups is 2. The first kappa shape index (κ1) is 18.4. The van der Waals surface area contributed by atoms with Gasteiger partial charge in [0.2, 0.25) is 5.91 Å². The van der Waals surface area contributed by atoms with Crippen LogP contribution >= 0.6 is 0 Å². The molecule has 0 bridgehead atoms. The number of aryl methyl sites for hydroxylation is 1. The lowest BCUT2D eigenvalue weighted by Gasteiger charge is -2.30. The van der Waals surface area contributed by atoms with E-state index in [1.165, 1.54) is 6.07 Å². The Morgan fingerprint density at radius 2 is 2.04 bits per heavy atom. The van der Waals surface area contributed by atoms with Crippen LogP contribution in [-0.4, -0.2) is 41.5 Å². The van der Waals surface area contributed by atoms with Crippen LogP contribution in [0.4, 0.5) is 10.1 Å². The summed E-state index contributed by atoms with van der Waals surface area (Å²) in [4.78, 5) is 25.8. The summed E-state index contributed by atoms with van der Waals surface area (Å²) in [6, 6.07) is 2.77. The van der Waals surface area contributed by atoms with E-state index in [1.807, 2.05) is 20.8 Å². The molecule has 0 aliphatic carbocycles. The molecule has 1 aromatic rings. The van der Waals surface area contributed by atoms with Crippen molar-refractivity contribution in [3.05, 3.63) is 29.1 Å². The van der Waals surface area contributed by atoms with E-state index in [0.717, 1.165) is 5.56 Å². The maximum absolute atomic E-state index is 14.4. The first-order valence-electron chi connectivity index (χ1n) is 8.23. The molecule has 1 heterocycles. The van der Waals surface area contributed by atoms with Crippen LogP contribution in [0.2, 0.25) is 0 Å². The number of rotatable bonds is 5. The molecular formula is C18H25FN2O3. The van der Waals surface area contributed by atoms with Gasteiger partial charge in [-0.25, -0.2) is 4.39 Å². The molecule has 1 aliphatic rings. The fourth-order valence-electron chi connectivity index (χ4n) is 2.82. The Labute approximate surface area is 141 Å². The number of halogens is 1. The fraction of sp³-hybridized carbons (Fsp3) is 0.556. The van der Waals surface area contributed by atoms with Gasteiger partial charge >= 0.3 is 0 Å². The van der Waals surface area contributed by atoms with Crippen molar-refractivity contribution in [3.8, 4) is 0 Å². The number of amides is 2. The van der Waals surface area contributed by atoms with Gasteiger partial charge in [-0.15, -0.1) is 0 Å². The standard InChI is InChI=1S/C18H25FN2O3/c1-18(2,3)11-21(7-4-8-22)17(24)13-9-12-5-6-16(23)20-15(12)10-14(13)19/h9-10,22H,4-8,11H2,1-3H3,(H,20,23). The molecule has 6 heteroatoms. The summed E-state index contributed by atoms with van der Waals surface area (Å²) in [5.74, 6) is -1.15. The van der Waals surface area contributed by atoms with Crippen molar-refractivity contribution in [2.24, 2.45) is 5.41 Å². The van der Waals surface area contributed by atoms with Crippen molar-refractivity contribution in [2.45, 2.75) is 40.0 Å². The third-order valence-electron chi connectivity index (χ3n) is 3.86. The Morgan fingerprint density at radius 3 is 2.67 bits per heavy atom. The van der Waals surface area contributed by atoms with Crippen molar-refractivity contribution in [1.82, 2.24) is 4.90 Å². The Balaban J connectivity index is 2.30. The molecule has 0 unspecified atom stereocenters. The molecule has 0 spiro atoms. The number of benzene rings is 1. The SMILES string of the molecule is CC(C)(C)CN(CCCO)C(=O)c1cc2c(cc1F)NC(=O)CC2. The van der Waals surface area contributed by atoms with Gasteiger partial charge in [0.15, 0.2) is 0 Å². The summed E-state index contributed by atoms with van der Waals surface area (Å²) in [5.41, 5.74) is 1.10. The largest absolute Gasteiger partial charge is 0.396 e. The Kier molecular flexibility index (Phi) is 5.59. The second-order valence-corrected chi connectivity index (χ2v) is 7.40. The van der Waals surface area contributed by atoms with Gasteiger partial charge in [0.05, 0.1) is 5.56 Å². The highest BCUT2D eigenvalue weighted by Crippen LogP contribution is 2.27. The summed E-state index contributed by atoms with van der Waals surface area (Å²) in [6.07, 6.45) is 1.28. The van der Waals surface area contributed by atoms with Crippen LogP contribution in [0.5, 0.6) is 0 Å². The van der Waals surface area contributed by atoms with Crippen molar-refractivity contribution in [3.63, 3.8) is 0 Å². The van der Waals surface area contributed by atoms with E-state index < -0.39 is 5.82 Å². The van der Waals surface area contributed by atoms with Crippen LogP contribution in [0.25, 0.3) is 0 Å². The van der Waals surface area contributed by atoms with Crippen molar-refractivity contribution in [1.29, 1.82) is 0 Å². The molecule has 0 saturated heterocycles. The number of hydrogen-bond donors (Lipinski definition) is 2. The van der Waals surface area contributed by atoms with E-state index in [1.54, 1.807) is 11.0 Å². The Bertz CT molecular complexity index is 638. The van der Waals surface area contributed by atoms with Crippen LogP contribution in [0.1, 0.15) is 49.5 Å². The van der Waals surface area contributed by atoms with E-state index in [9.17, 15) is 14.0 Å². The van der Waals surface area contributed by atoms with Gasteiger partial charge in [-0.05, 0) is 36.0 Å². The van der Waals surface area contributed by atoms with Gasteiger partial charge in [0.1, 0.15) is 5.82 Å². The minimum Gasteiger partial charge on any atom is -0.396 e. The maximum Gasteiger partial charge on any atom is 0.256 e. The van der Waals surface area contributed by atoms with Crippen molar-refractivity contribution < 1.29 is 19.1 Å². The third-order valence-corrected chi connectivity index (χ3v) is 3.86. The maximum atomic E-state index is 14.4. The highest BCUT2D eigenvalue weighted by atomic mass is 19.1. The molecule has 0 saturated carbocycles. The number of hydrogen-bond acceptors (Lipinski definition) is 3. The number of anilines is 1. The quantitative estimate of drug-likeness (QED) is 0.868. The average molecular weight is 336 g/mol.